The van der Waals surface area contributed by atoms with Crippen LogP contribution in [0.4, 0.5) is 15.8 Å². The summed E-state index contributed by atoms with van der Waals surface area (Å²) in [4.78, 5) is 26.3. The molecule has 2 aromatic carbocycles. The van der Waals surface area contributed by atoms with Gasteiger partial charge in [0.15, 0.2) is 0 Å². The van der Waals surface area contributed by atoms with Gasteiger partial charge in [0.1, 0.15) is 11.6 Å². The van der Waals surface area contributed by atoms with Crippen molar-refractivity contribution in [2.45, 2.75) is 13.3 Å². The summed E-state index contributed by atoms with van der Waals surface area (Å²) in [5.74, 6) is -0.730. The van der Waals surface area contributed by atoms with Crippen molar-refractivity contribution in [2.75, 3.05) is 23.4 Å². The van der Waals surface area contributed by atoms with Crippen molar-refractivity contribution in [3.63, 3.8) is 0 Å². The molecule has 136 valence electrons. The van der Waals surface area contributed by atoms with Crippen LogP contribution in [0, 0.1) is 11.7 Å². The van der Waals surface area contributed by atoms with Gasteiger partial charge in [0, 0.05) is 24.3 Å². The Morgan fingerprint density at radius 3 is 2.69 bits per heavy atom. The molecule has 1 fully saturated rings. The Hall–Kier alpha value is -2.60. The number of amides is 2. The van der Waals surface area contributed by atoms with Crippen molar-refractivity contribution in [1.82, 2.24) is 0 Å². The SMILES string of the molecule is CCOc1ccc(N2C[C@H](C(=O)Nc3ccc(F)c(Cl)c3)CC2=O)cc1. The summed E-state index contributed by atoms with van der Waals surface area (Å²) in [7, 11) is 0. The fraction of sp³-hybridized carbons (Fsp3) is 0.263. The lowest BCUT2D eigenvalue weighted by Gasteiger charge is -2.17. The average Bonchev–Trinajstić information content (AvgIpc) is 3.01. The highest BCUT2D eigenvalue weighted by molar-refractivity contribution is 6.31. The molecule has 0 saturated carbocycles. The van der Waals surface area contributed by atoms with E-state index in [0.717, 1.165) is 11.4 Å². The number of carbonyl (C=O) groups is 2. The number of benzene rings is 2. The van der Waals surface area contributed by atoms with Gasteiger partial charge in [-0.15, -0.1) is 0 Å². The smallest absolute Gasteiger partial charge is 0.229 e. The summed E-state index contributed by atoms with van der Waals surface area (Å²) in [6.45, 7) is 2.75. The molecule has 5 nitrogen and oxygen atoms in total. The van der Waals surface area contributed by atoms with E-state index in [1.54, 1.807) is 29.2 Å². The van der Waals surface area contributed by atoms with Crippen LogP contribution in [0.3, 0.4) is 0 Å². The zero-order chi connectivity index (χ0) is 18.7. The standard InChI is InChI=1S/C19H18ClFN2O3/c1-2-26-15-6-4-14(5-7-15)23-11-12(9-18(23)24)19(25)22-13-3-8-17(21)16(20)10-13/h3-8,10,12H,2,9,11H2,1H3,(H,22,25)/t12-/m1/s1. The van der Waals surface area contributed by atoms with Crippen LogP contribution in [-0.4, -0.2) is 25.0 Å². The van der Waals surface area contributed by atoms with Crippen LogP contribution in [0.2, 0.25) is 5.02 Å². The topological polar surface area (TPSA) is 58.6 Å². The minimum atomic E-state index is -0.553. The Labute approximate surface area is 155 Å². The normalized spacial score (nSPS) is 16.7. The van der Waals surface area contributed by atoms with E-state index >= 15 is 0 Å². The van der Waals surface area contributed by atoms with Gasteiger partial charge in [-0.1, -0.05) is 11.6 Å². The maximum absolute atomic E-state index is 13.2. The minimum Gasteiger partial charge on any atom is -0.494 e. The van der Waals surface area contributed by atoms with Gasteiger partial charge >= 0.3 is 0 Å². The maximum Gasteiger partial charge on any atom is 0.229 e. The highest BCUT2D eigenvalue weighted by Gasteiger charge is 2.35. The van der Waals surface area contributed by atoms with E-state index in [-0.39, 0.29) is 29.8 Å². The van der Waals surface area contributed by atoms with E-state index in [0.29, 0.717) is 12.3 Å². The van der Waals surface area contributed by atoms with Gasteiger partial charge in [-0.3, -0.25) is 9.59 Å². The van der Waals surface area contributed by atoms with Crippen LogP contribution < -0.4 is 15.0 Å². The third-order valence-corrected chi connectivity index (χ3v) is 4.43. The summed E-state index contributed by atoms with van der Waals surface area (Å²) in [6, 6.07) is 11.1. The third kappa shape index (κ3) is 3.96. The molecule has 1 aliphatic rings. The van der Waals surface area contributed by atoms with Crippen LogP contribution in [0.1, 0.15) is 13.3 Å². The molecule has 2 aromatic rings. The molecular formula is C19H18ClFN2O3. The van der Waals surface area contributed by atoms with Crippen LogP contribution >= 0.6 is 11.6 Å². The van der Waals surface area contributed by atoms with E-state index in [4.69, 9.17) is 16.3 Å². The number of hydrogen-bond donors (Lipinski definition) is 1. The summed E-state index contributed by atoms with van der Waals surface area (Å²) < 4.78 is 18.6. The van der Waals surface area contributed by atoms with Crippen molar-refractivity contribution in [1.29, 1.82) is 0 Å². The van der Waals surface area contributed by atoms with Crippen LogP contribution in [-0.2, 0) is 9.59 Å². The molecule has 1 atom stereocenters. The average molecular weight is 377 g/mol. The number of hydrogen-bond acceptors (Lipinski definition) is 3. The molecule has 1 aliphatic heterocycles. The van der Waals surface area contributed by atoms with Crippen molar-refractivity contribution in [3.05, 3.63) is 53.3 Å². The highest BCUT2D eigenvalue weighted by atomic mass is 35.5. The first-order valence-electron chi connectivity index (χ1n) is 8.27. The van der Waals surface area contributed by atoms with Gasteiger partial charge in [0.05, 0.1) is 17.5 Å². The number of nitrogens with zero attached hydrogens (tertiary/aromatic N) is 1. The van der Waals surface area contributed by atoms with Gasteiger partial charge in [-0.25, -0.2) is 4.39 Å². The molecule has 0 radical (unpaired) electrons. The zero-order valence-corrected chi connectivity index (χ0v) is 14.9. The monoisotopic (exact) mass is 376 g/mol. The molecule has 0 aliphatic carbocycles. The van der Waals surface area contributed by atoms with E-state index in [1.165, 1.54) is 18.2 Å². The summed E-state index contributed by atoms with van der Waals surface area (Å²) in [5, 5.41) is 2.61. The Bertz CT molecular complexity index is 826. The zero-order valence-electron chi connectivity index (χ0n) is 14.2. The highest BCUT2D eigenvalue weighted by Crippen LogP contribution is 2.28. The Morgan fingerprint density at radius 2 is 2.04 bits per heavy atom. The minimum absolute atomic E-state index is 0.0682. The van der Waals surface area contributed by atoms with Gasteiger partial charge in [0.25, 0.3) is 0 Å². The van der Waals surface area contributed by atoms with Crippen LogP contribution in [0.15, 0.2) is 42.5 Å². The Kier molecular flexibility index (Phi) is 5.42. The lowest BCUT2D eigenvalue weighted by atomic mass is 10.1. The molecule has 1 saturated heterocycles. The maximum atomic E-state index is 13.2. The molecule has 26 heavy (non-hydrogen) atoms. The Balaban J connectivity index is 1.66. The Morgan fingerprint density at radius 1 is 1.31 bits per heavy atom. The first-order valence-corrected chi connectivity index (χ1v) is 8.65. The van der Waals surface area contributed by atoms with Crippen molar-refractivity contribution < 1.29 is 18.7 Å². The van der Waals surface area contributed by atoms with Gasteiger partial charge in [-0.05, 0) is 49.4 Å². The molecule has 2 amide bonds. The molecule has 0 spiro atoms. The summed E-state index contributed by atoms with van der Waals surface area (Å²) >= 11 is 5.72. The molecule has 0 unspecified atom stereocenters. The summed E-state index contributed by atoms with van der Waals surface area (Å²) in [5.41, 5.74) is 1.12. The van der Waals surface area contributed by atoms with Crippen LogP contribution in [0.5, 0.6) is 5.75 Å². The number of nitrogens with one attached hydrogen (secondary N) is 1. The van der Waals surface area contributed by atoms with Crippen molar-refractivity contribution in [3.8, 4) is 5.75 Å². The second kappa shape index (κ2) is 7.74. The fourth-order valence-corrected chi connectivity index (χ4v) is 3.02. The first-order chi connectivity index (χ1) is 12.5. The third-order valence-electron chi connectivity index (χ3n) is 4.14. The van der Waals surface area contributed by atoms with Gasteiger partial charge < -0.3 is 15.0 Å². The number of carbonyl (C=O) groups excluding carboxylic acids is 2. The van der Waals surface area contributed by atoms with E-state index < -0.39 is 11.7 Å². The molecule has 0 bridgehead atoms. The molecular weight excluding hydrogens is 359 g/mol. The molecule has 1 N–H and O–H groups in total. The molecule has 3 rings (SSSR count). The predicted octanol–water partition coefficient (Wildman–Crippen LogP) is 3.87. The number of rotatable bonds is 5. The fourth-order valence-electron chi connectivity index (χ4n) is 2.84. The summed E-state index contributed by atoms with van der Waals surface area (Å²) in [6.07, 6.45) is 0.119. The predicted molar refractivity (Wildman–Crippen MR) is 98.1 cm³/mol. The lowest BCUT2D eigenvalue weighted by molar-refractivity contribution is -0.122. The number of anilines is 2. The van der Waals surface area contributed by atoms with Crippen LogP contribution in [0.25, 0.3) is 0 Å². The van der Waals surface area contributed by atoms with E-state index in [2.05, 4.69) is 5.32 Å². The second-order valence-corrected chi connectivity index (χ2v) is 6.36. The largest absolute Gasteiger partial charge is 0.494 e. The lowest BCUT2D eigenvalue weighted by Crippen LogP contribution is -2.28. The van der Waals surface area contributed by atoms with Crippen molar-refractivity contribution in [2.24, 2.45) is 5.92 Å². The molecule has 1 heterocycles. The van der Waals surface area contributed by atoms with Crippen molar-refractivity contribution >= 4 is 34.8 Å². The number of halogens is 2. The van der Waals surface area contributed by atoms with Gasteiger partial charge in [-0.2, -0.15) is 0 Å². The number of ether oxygens (including phenoxy) is 1. The molecule has 7 heteroatoms. The quantitative estimate of drug-likeness (QED) is 0.861. The first kappa shape index (κ1) is 18.2. The second-order valence-electron chi connectivity index (χ2n) is 5.95. The van der Waals surface area contributed by atoms with E-state index in [9.17, 15) is 14.0 Å². The molecule has 0 aromatic heterocycles. The van der Waals surface area contributed by atoms with E-state index in [1.807, 2.05) is 6.92 Å². The van der Waals surface area contributed by atoms with Gasteiger partial charge in [0.2, 0.25) is 11.8 Å².